The van der Waals surface area contributed by atoms with Crippen molar-refractivity contribution in [3.63, 3.8) is 0 Å². The molecular weight excluding hydrogens is 456 g/mol. The molecule has 0 aromatic heterocycles. The predicted molar refractivity (Wildman–Crippen MR) is 99.8 cm³/mol. The lowest BCUT2D eigenvalue weighted by Crippen LogP contribution is -2.66. The van der Waals surface area contributed by atoms with Crippen molar-refractivity contribution in [2.45, 2.75) is 99.0 Å². The minimum Gasteiger partial charge on any atom is -0.394 e. The zero-order chi connectivity index (χ0) is 24.6. The first-order chi connectivity index (χ1) is 15.5. The largest absolute Gasteiger partial charge is 0.394 e. The van der Waals surface area contributed by atoms with Crippen LogP contribution in [0.5, 0.6) is 0 Å². The van der Waals surface area contributed by atoms with Gasteiger partial charge >= 0.3 is 0 Å². The molecule has 15 atom stereocenters. The highest BCUT2D eigenvalue weighted by molar-refractivity contribution is 4.96. The van der Waals surface area contributed by atoms with Gasteiger partial charge in [0.1, 0.15) is 67.1 Å². The molecule has 3 aliphatic heterocycles. The van der Waals surface area contributed by atoms with Crippen LogP contribution in [0.15, 0.2) is 0 Å². The minimum absolute atomic E-state index is 0.739. The van der Waals surface area contributed by atoms with E-state index in [1.165, 1.54) is 6.92 Å². The molecule has 15 nitrogen and oxygen atoms in total. The van der Waals surface area contributed by atoms with Gasteiger partial charge in [0.15, 0.2) is 18.9 Å². The zero-order valence-electron chi connectivity index (χ0n) is 17.6. The lowest BCUT2D eigenvalue weighted by molar-refractivity contribution is -0.382. The Balaban J connectivity index is 1.83. The molecule has 194 valence electrons. The van der Waals surface area contributed by atoms with Crippen LogP contribution in [0.4, 0.5) is 0 Å². The van der Waals surface area contributed by atoms with Crippen molar-refractivity contribution in [3.8, 4) is 0 Å². The van der Waals surface area contributed by atoms with E-state index in [1.54, 1.807) is 0 Å². The second-order valence-electron chi connectivity index (χ2n) is 8.32. The lowest BCUT2D eigenvalue weighted by atomic mass is 9.96. The van der Waals surface area contributed by atoms with Gasteiger partial charge in [0.25, 0.3) is 0 Å². The number of hydrogen-bond acceptors (Lipinski definition) is 15. The van der Waals surface area contributed by atoms with E-state index in [-0.39, 0.29) is 0 Å². The van der Waals surface area contributed by atoms with Crippen molar-refractivity contribution in [2.24, 2.45) is 0 Å². The van der Waals surface area contributed by atoms with Gasteiger partial charge in [0.05, 0.1) is 19.3 Å². The SMILES string of the molecule is CC1O[C@@H](O[C@@H]2C(O)[C@H](O)OC(CO)[C@H]2O[C@@H]2O[C@@H](CO)[C@H](O)C(O)C2O)C(O)[C@@H](O)[C@@H]1O. The van der Waals surface area contributed by atoms with Crippen LogP contribution < -0.4 is 0 Å². The molecule has 3 rings (SSSR count). The van der Waals surface area contributed by atoms with Gasteiger partial charge in [0, 0.05) is 0 Å². The van der Waals surface area contributed by atoms with Crippen LogP contribution in [0.25, 0.3) is 0 Å². The Hall–Kier alpha value is -0.600. The molecule has 6 unspecified atom stereocenters. The summed E-state index contributed by atoms with van der Waals surface area (Å²) in [4.78, 5) is 0. The molecule has 0 aromatic carbocycles. The minimum atomic E-state index is -1.88. The van der Waals surface area contributed by atoms with Gasteiger partial charge in [-0.15, -0.1) is 0 Å². The van der Waals surface area contributed by atoms with Crippen molar-refractivity contribution < 1.29 is 74.7 Å². The Morgan fingerprint density at radius 3 is 1.64 bits per heavy atom. The average molecular weight is 488 g/mol. The van der Waals surface area contributed by atoms with Crippen LogP contribution in [-0.2, 0) is 23.7 Å². The number of aliphatic hydroxyl groups is 10. The first kappa shape index (κ1) is 27.0. The standard InChI is InChI=1S/C18H32O15/c1-4-7(21)9(23)11(25)17(29-4)33-15-13(27)16(28)30-6(3-20)14(15)32-18-12(26)10(24)8(22)5(2-19)31-18/h4-28H,2-3H2,1H3/t4?,5-,6?,7+,8-,9-,10?,11?,12?,13?,14+,15+,16+,17-,18-/m0/s1. The van der Waals surface area contributed by atoms with Crippen molar-refractivity contribution in [1.29, 1.82) is 0 Å². The van der Waals surface area contributed by atoms with Crippen molar-refractivity contribution in [2.75, 3.05) is 13.2 Å². The van der Waals surface area contributed by atoms with E-state index in [2.05, 4.69) is 0 Å². The van der Waals surface area contributed by atoms with Crippen LogP contribution in [-0.4, -0.2) is 156 Å². The van der Waals surface area contributed by atoms with Gasteiger partial charge in [-0.3, -0.25) is 0 Å². The second kappa shape index (κ2) is 11.0. The van der Waals surface area contributed by atoms with E-state index < -0.39 is 105 Å². The molecule has 0 aliphatic carbocycles. The molecule has 3 aliphatic rings. The molecule has 0 spiro atoms. The topological polar surface area (TPSA) is 248 Å². The number of rotatable bonds is 6. The molecular formula is C18H32O15. The Morgan fingerprint density at radius 1 is 0.545 bits per heavy atom. The van der Waals surface area contributed by atoms with Gasteiger partial charge in [0.2, 0.25) is 0 Å². The Bertz CT molecular complexity index is 624. The molecule has 3 saturated heterocycles. The van der Waals surface area contributed by atoms with E-state index in [9.17, 15) is 51.1 Å². The maximum absolute atomic E-state index is 10.5. The van der Waals surface area contributed by atoms with Gasteiger partial charge < -0.3 is 74.7 Å². The summed E-state index contributed by atoms with van der Waals surface area (Å²) in [6.45, 7) is -0.127. The first-order valence-corrected chi connectivity index (χ1v) is 10.4. The van der Waals surface area contributed by atoms with E-state index in [4.69, 9.17) is 23.7 Å². The highest BCUT2D eigenvalue weighted by Gasteiger charge is 2.53. The third-order valence-corrected chi connectivity index (χ3v) is 6.05. The highest BCUT2D eigenvalue weighted by atomic mass is 16.8. The number of hydrogen-bond donors (Lipinski definition) is 10. The van der Waals surface area contributed by atoms with E-state index in [0.29, 0.717) is 0 Å². The van der Waals surface area contributed by atoms with E-state index in [1.807, 2.05) is 0 Å². The summed E-state index contributed by atoms with van der Waals surface area (Å²) >= 11 is 0. The third kappa shape index (κ3) is 5.32. The fourth-order valence-electron chi connectivity index (χ4n) is 3.99. The van der Waals surface area contributed by atoms with Crippen LogP contribution >= 0.6 is 0 Å². The van der Waals surface area contributed by atoms with Crippen LogP contribution in [0.1, 0.15) is 6.92 Å². The Morgan fingerprint density at radius 2 is 1.06 bits per heavy atom. The molecule has 3 heterocycles. The summed E-state index contributed by atoms with van der Waals surface area (Å²) in [5.74, 6) is 0. The lowest BCUT2D eigenvalue weighted by Gasteiger charge is -2.48. The summed E-state index contributed by atoms with van der Waals surface area (Å²) < 4.78 is 26.9. The maximum Gasteiger partial charge on any atom is 0.187 e. The van der Waals surface area contributed by atoms with Gasteiger partial charge in [-0.25, -0.2) is 0 Å². The van der Waals surface area contributed by atoms with E-state index in [0.717, 1.165) is 0 Å². The highest BCUT2D eigenvalue weighted by Crippen LogP contribution is 2.32. The van der Waals surface area contributed by atoms with Crippen LogP contribution in [0.2, 0.25) is 0 Å². The zero-order valence-corrected chi connectivity index (χ0v) is 17.6. The quantitative estimate of drug-likeness (QED) is 0.167. The normalized spacial score (nSPS) is 53.7. The summed E-state index contributed by atoms with van der Waals surface area (Å²) in [5.41, 5.74) is 0. The second-order valence-corrected chi connectivity index (χ2v) is 8.32. The summed E-state index contributed by atoms with van der Waals surface area (Å²) in [6.07, 6.45) is -24.0. The van der Waals surface area contributed by atoms with Crippen molar-refractivity contribution >= 4 is 0 Å². The van der Waals surface area contributed by atoms with E-state index >= 15 is 0 Å². The smallest absolute Gasteiger partial charge is 0.187 e. The Labute approximate surface area is 187 Å². The molecule has 0 amide bonds. The van der Waals surface area contributed by atoms with Crippen molar-refractivity contribution in [1.82, 2.24) is 0 Å². The van der Waals surface area contributed by atoms with Crippen LogP contribution in [0, 0.1) is 0 Å². The molecule has 0 saturated carbocycles. The fraction of sp³-hybridized carbons (Fsp3) is 1.00. The first-order valence-electron chi connectivity index (χ1n) is 10.4. The summed E-state index contributed by atoms with van der Waals surface area (Å²) in [7, 11) is 0. The van der Waals surface area contributed by atoms with Gasteiger partial charge in [-0.05, 0) is 6.92 Å². The fourth-order valence-corrected chi connectivity index (χ4v) is 3.99. The van der Waals surface area contributed by atoms with Crippen LogP contribution in [0.3, 0.4) is 0 Å². The van der Waals surface area contributed by atoms with Gasteiger partial charge in [-0.1, -0.05) is 0 Å². The third-order valence-electron chi connectivity index (χ3n) is 6.05. The molecule has 10 N–H and O–H groups in total. The molecule has 0 radical (unpaired) electrons. The molecule has 0 aromatic rings. The molecule has 15 heteroatoms. The molecule has 33 heavy (non-hydrogen) atoms. The number of aliphatic hydroxyl groups excluding tert-OH is 10. The average Bonchev–Trinajstić information content (AvgIpc) is 2.80. The van der Waals surface area contributed by atoms with Gasteiger partial charge in [-0.2, -0.15) is 0 Å². The predicted octanol–water partition coefficient (Wildman–Crippen LogP) is -6.55. The monoisotopic (exact) mass is 488 g/mol. The maximum atomic E-state index is 10.5. The number of ether oxygens (including phenoxy) is 5. The van der Waals surface area contributed by atoms with Crippen molar-refractivity contribution in [3.05, 3.63) is 0 Å². The summed E-state index contributed by atoms with van der Waals surface area (Å²) in [6, 6.07) is 0. The summed E-state index contributed by atoms with van der Waals surface area (Å²) in [5, 5.41) is 99.8. The molecule has 0 bridgehead atoms. The Kier molecular flexibility index (Phi) is 8.99. The molecule has 3 fully saturated rings.